The third-order valence-corrected chi connectivity index (χ3v) is 6.89. The minimum absolute atomic E-state index is 0.0628. The molecule has 2 aromatic rings. The number of alkyl halides is 3. The number of Topliss-reactive ketones (excluding diaryl/α,β-unsaturated/α-hetero) is 1. The van der Waals surface area contributed by atoms with Gasteiger partial charge in [0.15, 0.2) is 23.2 Å². The first-order valence-corrected chi connectivity index (χ1v) is 11.2. The molecule has 2 N–H and O–H groups in total. The van der Waals surface area contributed by atoms with Crippen LogP contribution >= 0.6 is 0 Å². The van der Waals surface area contributed by atoms with Gasteiger partial charge < -0.3 is 14.1 Å². The predicted octanol–water partition coefficient (Wildman–Crippen LogP) is 1.92. The van der Waals surface area contributed by atoms with Crippen LogP contribution in [0.4, 0.5) is 23.7 Å². The average Bonchev–Trinajstić information content (AvgIpc) is 3.33. The molecule has 3 atom stereocenters. The van der Waals surface area contributed by atoms with E-state index in [4.69, 9.17) is 9.15 Å². The van der Waals surface area contributed by atoms with Crippen molar-refractivity contribution in [2.45, 2.75) is 50.6 Å². The molecule has 2 fully saturated rings. The van der Waals surface area contributed by atoms with Gasteiger partial charge in [-0.05, 0) is 37.1 Å². The fourth-order valence-corrected chi connectivity index (χ4v) is 5.34. The zero-order valence-electron chi connectivity index (χ0n) is 18.9. The Bertz CT molecular complexity index is 1220. The van der Waals surface area contributed by atoms with Crippen molar-refractivity contribution in [2.75, 3.05) is 11.4 Å². The molecule has 5 rings (SSSR count). The van der Waals surface area contributed by atoms with Crippen LogP contribution in [0.2, 0.25) is 0 Å². The number of imide groups is 2. The summed E-state index contributed by atoms with van der Waals surface area (Å²) >= 11 is 0. The summed E-state index contributed by atoms with van der Waals surface area (Å²) in [6, 6.07) is 2.36. The summed E-state index contributed by atoms with van der Waals surface area (Å²) in [5, 5.41) is 4.14. The summed E-state index contributed by atoms with van der Waals surface area (Å²) in [4.78, 5) is 56.2. The topological polar surface area (TPSA) is 131 Å². The molecule has 0 radical (unpaired) electrons. The first kappa shape index (κ1) is 24.0. The number of aromatic nitrogens is 1. The molecule has 4 heterocycles. The zero-order valence-corrected chi connectivity index (χ0v) is 18.9. The molecule has 1 aromatic carbocycles. The van der Waals surface area contributed by atoms with Gasteiger partial charge in [-0.1, -0.05) is 0 Å². The first-order valence-electron chi connectivity index (χ1n) is 11.2. The number of ether oxygens (including phenoxy) is 1. The Labute approximate surface area is 202 Å². The van der Waals surface area contributed by atoms with E-state index in [9.17, 15) is 32.3 Å². The van der Waals surface area contributed by atoms with E-state index in [1.165, 1.54) is 42.5 Å². The number of hydrogen-bond acceptors (Lipinski definition) is 8. The number of hydrogen-bond donors (Lipinski definition) is 2. The van der Waals surface area contributed by atoms with Crippen LogP contribution < -0.4 is 15.5 Å². The molecule has 13 heteroatoms. The minimum Gasteiger partial charge on any atom is -0.449 e. The van der Waals surface area contributed by atoms with Gasteiger partial charge in [-0.3, -0.25) is 25.0 Å². The summed E-state index contributed by atoms with van der Waals surface area (Å²) < 4.78 is 51.3. The van der Waals surface area contributed by atoms with Crippen LogP contribution in [-0.2, 0) is 27.2 Å². The highest BCUT2D eigenvalue weighted by molar-refractivity contribution is 6.20. The van der Waals surface area contributed by atoms with E-state index in [1.54, 1.807) is 0 Å². The normalized spacial score (nSPS) is 25.2. The molecule has 0 saturated carbocycles. The number of barbiturate groups is 1. The van der Waals surface area contributed by atoms with Crippen molar-refractivity contribution in [3.05, 3.63) is 47.7 Å². The quantitative estimate of drug-likeness (QED) is 0.475. The lowest BCUT2D eigenvalue weighted by atomic mass is 9.66. The number of nitrogens with zero attached hydrogens (tertiary/aromatic N) is 2. The van der Waals surface area contributed by atoms with E-state index in [0.29, 0.717) is 17.1 Å². The Hall–Kier alpha value is -3.74. The van der Waals surface area contributed by atoms with Crippen LogP contribution in [0.5, 0.6) is 0 Å². The number of benzene rings is 1. The number of aryl methyl sites for hydroxylation is 1. The van der Waals surface area contributed by atoms with Crippen LogP contribution in [-0.4, -0.2) is 59.6 Å². The molecule has 0 bridgehead atoms. The fraction of sp³-hybridized carbons (Fsp3) is 0.435. The first-order chi connectivity index (χ1) is 17.0. The second-order valence-electron chi connectivity index (χ2n) is 9.05. The summed E-state index contributed by atoms with van der Waals surface area (Å²) in [6.45, 7) is 0.694. The lowest BCUT2D eigenvalue weighted by Crippen LogP contribution is -2.76. The number of amides is 4. The molecule has 0 aliphatic carbocycles. The van der Waals surface area contributed by atoms with Gasteiger partial charge >= 0.3 is 12.2 Å². The third-order valence-electron chi connectivity index (χ3n) is 6.89. The van der Waals surface area contributed by atoms with E-state index >= 15 is 0 Å². The second kappa shape index (κ2) is 8.43. The van der Waals surface area contributed by atoms with Gasteiger partial charge in [-0.25, -0.2) is 9.78 Å². The number of carbonyl (C=O) groups excluding carboxylic acids is 4. The highest BCUT2D eigenvalue weighted by Gasteiger charge is 2.64. The highest BCUT2D eigenvalue weighted by Crippen LogP contribution is 2.48. The average molecular weight is 506 g/mol. The molecule has 2 saturated heterocycles. The van der Waals surface area contributed by atoms with Gasteiger partial charge in [0.1, 0.15) is 6.26 Å². The summed E-state index contributed by atoms with van der Waals surface area (Å²) in [5.41, 5.74) is -0.994. The Morgan fingerprint density at radius 2 is 1.94 bits per heavy atom. The molecular formula is C23H21F3N4O6. The lowest BCUT2D eigenvalue weighted by molar-refractivity contribution is -0.242. The molecular weight excluding hydrogens is 485 g/mol. The fourth-order valence-electron chi connectivity index (χ4n) is 5.34. The number of ketones is 1. The lowest BCUT2D eigenvalue weighted by Gasteiger charge is -2.55. The van der Waals surface area contributed by atoms with E-state index in [1.807, 2.05) is 0 Å². The van der Waals surface area contributed by atoms with Gasteiger partial charge in [0.05, 0.1) is 24.9 Å². The molecule has 0 unspecified atom stereocenters. The van der Waals surface area contributed by atoms with Crippen molar-refractivity contribution in [2.24, 2.45) is 5.41 Å². The number of nitrogens with one attached hydrogen (secondary N) is 2. The molecule has 190 valence electrons. The van der Waals surface area contributed by atoms with Gasteiger partial charge in [0, 0.05) is 24.1 Å². The molecule has 1 spiro atoms. The SMILES string of the molecule is C[C@@H]1O[C@H](C(F)(F)F)CN2c3ccc(C(=O)CCc4ncco4)cc3CC3(C(=O)NC(=O)NC3=O)[C@@H]12. The molecule has 36 heavy (non-hydrogen) atoms. The molecule has 3 aliphatic rings. The van der Waals surface area contributed by atoms with Crippen LogP contribution in [0.1, 0.15) is 35.2 Å². The Balaban J connectivity index is 1.55. The molecule has 1 aromatic heterocycles. The van der Waals surface area contributed by atoms with E-state index in [2.05, 4.69) is 15.6 Å². The number of carbonyl (C=O) groups is 4. The van der Waals surface area contributed by atoms with Gasteiger partial charge in [0.2, 0.25) is 11.8 Å². The van der Waals surface area contributed by atoms with E-state index in [0.717, 1.165) is 0 Å². The van der Waals surface area contributed by atoms with Gasteiger partial charge in [-0.15, -0.1) is 0 Å². The number of fused-ring (bicyclic) bond motifs is 4. The number of morpholine rings is 1. The van der Waals surface area contributed by atoms with Crippen molar-refractivity contribution in [1.82, 2.24) is 15.6 Å². The Kier molecular flexibility index (Phi) is 5.62. The summed E-state index contributed by atoms with van der Waals surface area (Å²) in [7, 11) is 0. The number of anilines is 1. The van der Waals surface area contributed by atoms with Crippen molar-refractivity contribution in [3.8, 4) is 0 Å². The van der Waals surface area contributed by atoms with E-state index in [-0.39, 0.29) is 30.6 Å². The monoisotopic (exact) mass is 506 g/mol. The number of oxazole rings is 1. The van der Waals surface area contributed by atoms with Crippen molar-refractivity contribution in [1.29, 1.82) is 0 Å². The van der Waals surface area contributed by atoms with Crippen molar-refractivity contribution in [3.63, 3.8) is 0 Å². The summed E-state index contributed by atoms with van der Waals surface area (Å²) in [6.07, 6.45) is -5.13. The zero-order chi connectivity index (χ0) is 25.8. The maximum atomic E-state index is 13.6. The van der Waals surface area contributed by atoms with E-state index < -0.39 is 54.2 Å². The van der Waals surface area contributed by atoms with Gasteiger partial charge in [0.25, 0.3) is 0 Å². The van der Waals surface area contributed by atoms with Crippen LogP contribution in [0.15, 0.2) is 35.1 Å². The molecule has 4 amide bonds. The third kappa shape index (κ3) is 3.83. The molecule has 3 aliphatic heterocycles. The van der Waals surface area contributed by atoms with Crippen LogP contribution in [0.25, 0.3) is 0 Å². The maximum Gasteiger partial charge on any atom is 0.416 e. The maximum absolute atomic E-state index is 13.6. The highest BCUT2D eigenvalue weighted by atomic mass is 19.4. The Morgan fingerprint density at radius 1 is 1.22 bits per heavy atom. The van der Waals surface area contributed by atoms with Gasteiger partial charge in [-0.2, -0.15) is 13.2 Å². The second-order valence-corrected chi connectivity index (χ2v) is 9.05. The largest absolute Gasteiger partial charge is 0.449 e. The number of rotatable bonds is 4. The Morgan fingerprint density at radius 3 is 2.58 bits per heavy atom. The van der Waals surface area contributed by atoms with Crippen molar-refractivity contribution >= 4 is 29.3 Å². The van der Waals surface area contributed by atoms with Crippen LogP contribution in [0.3, 0.4) is 0 Å². The number of halogens is 3. The molecule has 10 nitrogen and oxygen atoms in total. The van der Waals surface area contributed by atoms with Crippen molar-refractivity contribution < 1.29 is 41.5 Å². The standard InChI is InChI=1S/C23H21F3N4O6/c1-11-18-22(19(32)28-21(34)29-20(22)33)9-13-8-12(15(31)4-5-17-27-6-7-35-17)2-3-14(13)30(18)10-16(36-11)23(24,25)26/h2-3,6-8,11,16,18H,4-5,9-10H2,1H3,(H2,28,29,32,33,34)/t11-,16-,18+/m0/s1. The summed E-state index contributed by atoms with van der Waals surface area (Å²) in [5.74, 6) is -1.76. The minimum atomic E-state index is -4.69. The number of urea groups is 1. The van der Waals surface area contributed by atoms with Crippen LogP contribution in [0, 0.1) is 5.41 Å². The smallest absolute Gasteiger partial charge is 0.416 e. The predicted molar refractivity (Wildman–Crippen MR) is 115 cm³/mol.